The number of piperidine rings is 1. The van der Waals surface area contributed by atoms with Crippen molar-refractivity contribution in [1.29, 1.82) is 0 Å². The van der Waals surface area contributed by atoms with Crippen molar-refractivity contribution in [3.05, 3.63) is 46.4 Å². The third-order valence-corrected chi connectivity index (χ3v) is 6.37. The van der Waals surface area contributed by atoms with E-state index in [1.165, 1.54) is 0 Å². The molecule has 3 rings (SSSR count). The summed E-state index contributed by atoms with van der Waals surface area (Å²) in [5.41, 5.74) is 3.33. The fourth-order valence-electron chi connectivity index (χ4n) is 2.92. The average Bonchev–Trinajstić information content (AvgIpc) is 3.20. The molecule has 144 valence electrons. The number of rotatable bonds is 6. The summed E-state index contributed by atoms with van der Waals surface area (Å²) in [5, 5.41) is 2.03. The number of aromatic nitrogens is 1. The number of carbonyl (C=O) groups excluding carboxylic acids is 2. The molecule has 1 saturated heterocycles. The number of thioether (sulfide) groups is 1. The second-order valence-corrected chi connectivity index (χ2v) is 8.62. The minimum Gasteiger partial charge on any atom is -0.449 e. The van der Waals surface area contributed by atoms with Gasteiger partial charge in [0, 0.05) is 29.1 Å². The molecule has 1 fully saturated rings. The molecule has 1 amide bonds. The Labute approximate surface area is 168 Å². The SMILES string of the molecule is CC1CCN(C(=O)C(C)OC(=O)c2ccc(SCc3cscn3)cc2)CC1. The lowest BCUT2D eigenvalue weighted by Gasteiger charge is -2.31. The van der Waals surface area contributed by atoms with E-state index in [9.17, 15) is 9.59 Å². The molecule has 5 nitrogen and oxygen atoms in total. The van der Waals surface area contributed by atoms with Crippen molar-refractivity contribution in [2.45, 2.75) is 43.4 Å². The molecule has 0 radical (unpaired) electrons. The summed E-state index contributed by atoms with van der Waals surface area (Å²) >= 11 is 3.25. The van der Waals surface area contributed by atoms with E-state index in [0.717, 1.165) is 42.3 Å². The standard InChI is InChI=1S/C20H24N2O3S2/c1-14-7-9-22(10-8-14)19(23)15(2)25-20(24)16-3-5-18(6-4-16)27-12-17-11-26-13-21-17/h3-6,11,13-15H,7-10,12H2,1-2H3. The summed E-state index contributed by atoms with van der Waals surface area (Å²) < 4.78 is 5.39. The van der Waals surface area contributed by atoms with E-state index in [1.807, 2.05) is 23.0 Å². The largest absolute Gasteiger partial charge is 0.449 e. The highest BCUT2D eigenvalue weighted by molar-refractivity contribution is 7.98. The van der Waals surface area contributed by atoms with Gasteiger partial charge < -0.3 is 9.64 Å². The number of ether oxygens (including phenoxy) is 1. The van der Waals surface area contributed by atoms with Crippen molar-refractivity contribution >= 4 is 35.0 Å². The maximum atomic E-state index is 12.5. The van der Waals surface area contributed by atoms with E-state index in [-0.39, 0.29) is 5.91 Å². The maximum absolute atomic E-state index is 12.5. The van der Waals surface area contributed by atoms with Crippen LogP contribution in [0.5, 0.6) is 0 Å². The van der Waals surface area contributed by atoms with Crippen LogP contribution in [0.25, 0.3) is 0 Å². The third-order valence-electron chi connectivity index (χ3n) is 4.69. The van der Waals surface area contributed by atoms with Gasteiger partial charge in [-0.1, -0.05) is 6.92 Å². The van der Waals surface area contributed by atoms with E-state index in [0.29, 0.717) is 11.5 Å². The van der Waals surface area contributed by atoms with Crippen LogP contribution in [0.3, 0.4) is 0 Å². The Balaban J connectivity index is 1.50. The van der Waals surface area contributed by atoms with Crippen LogP contribution in [0.4, 0.5) is 0 Å². The van der Waals surface area contributed by atoms with Crippen LogP contribution in [0.2, 0.25) is 0 Å². The Morgan fingerprint density at radius 1 is 1.30 bits per heavy atom. The van der Waals surface area contributed by atoms with Crippen LogP contribution in [-0.2, 0) is 15.3 Å². The number of hydrogen-bond donors (Lipinski definition) is 0. The van der Waals surface area contributed by atoms with E-state index in [2.05, 4.69) is 11.9 Å². The third kappa shape index (κ3) is 5.56. The van der Waals surface area contributed by atoms with Gasteiger partial charge in [-0.25, -0.2) is 9.78 Å². The van der Waals surface area contributed by atoms with Gasteiger partial charge in [0.05, 0.1) is 16.8 Å². The van der Waals surface area contributed by atoms with Crippen molar-refractivity contribution in [2.75, 3.05) is 13.1 Å². The smallest absolute Gasteiger partial charge is 0.338 e. The van der Waals surface area contributed by atoms with E-state index in [1.54, 1.807) is 47.1 Å². The van der Waals surface area contributed by atoms with Gasteiger partial charge in [0.25, 0.3) is 5.91 Å². The number of amides is 1. The van der Waals surface area contributed by atoms with Gasteiger partial charge in [0.1, 0.15) is 0 Å². The summed E-state index contributed by atoms with van der Waals surface area (Å²) in [6, 6.07) is 7.27. The first-order valence-corrected chi connectivity index (χ1v) is 11.1. The Morgan fingerprint density at radius 3 is 2.63 bits per heavy atom. The van der Waals surface area contributed by atoms with Crippen molar-refractivity contribution in [3.63, 3.8) is 0 Å². The number of esters is 1. The van der Waals surface area contributed by atoms with Crippen molar-refractivity contribution in [3.8, 4) is 0 Å². The molecule has 1 atom stereocenters. The summed E-state index contributed by atoms with van der Waals surface area (Å²) in [6.07, 6.45) is 1.25. The number of benzene rings is 1. The van der Waals surface area contributed by atoms with E-state index < -0.39 is 12.1 Å². The summed E-state index contributed by atoms with van der Waals surface area (Å²) in [7, 11) is 0. The normalized spacial score (nSPS) is 16.1. The van der Waals surface area contributed by atoms with Gasteiger partial charge in [0.2, 0.25) is 0 Å². The zero-order valence-electron chi connectivity index (χ0n) is 15.6. The lowest BCUT2D eigenvalue weighted by Crippen LogP contribution is -2.44. The molecular formula is C20H24N2O3S2. The number of nitrogens with zero attached hydrogens (tertiary/aromatic N) is 2. The zero-order valence-corrected chi connectivity index (χ0v) is 17.2. The monoisotopic (exact) mass is 404 g/mol. The lowest BCUT2D eigenvalue weighted by atomic mass is 9.99. The molecule has 0 saturated carbocycles. The van der Waals surface area contributed by atoms with E-state index >= 15 is 0 Å². The molecule has 0 N–H and O–H groups in total. The molecule has 0 bridgehead atoms. The second kappa shape index (κ2) is 9.37. The molecule has 2 aromatic rings. The first-order valence-electron chi connectivity index (χ1n) is 9.12. The number of likely N-dealkylation sites (tertiary alicyclic amines) is 1. The van der Waals surface area contributed by atoms with Gasteiger partial charge in [-0.15, -0.1) is 23.1 Å². The van der Waals surface area contributed by atoms with Crippen LogP contribution >= 0.6 is 23.1 Å². The highest BCUT2D eigenvalue weighted by Gasteiger charge is 2.27. The van der Waals surface area contributed by atoms with Gasteiger partial charge in [0.15, 0.2) is 6.10 Å². The molecule has 27 heavy (non-hydrogen) atoms. The van der Waals surface area contributed by atoms with Crippen LogP contribution in [0.1, 0.15) is 42.7 Å². The van der Waals surface area contributed by atoms with Crippen LogP contribution < -0.4 is 0 Å². The number of thiazole rings is 1. The minimum atomic E-state index is -0.760. The fourth-order valence-corrected chi connectivity index (χ4v) is 4.38. The molecule has 1 unspecified atom stereocenters. The summed E-state index contributed by atoms with van der Waals surface area (Å²) in [6.45, 7) is 5.33. The Morgan fingerprint density at radius 2 is 2.00 bits per heavy atom. The summed E-state index contributed by atoms with van der Waals surface area (Å²) in [4.78, 5) is 31.9. The fraction of sp³-hybridized carbons (Fsp3) is 0.450. The Kier molecular flexibility index (Phi) is 6.90. The number of hydrogen-bond acceptors (Lipinski definition) is 6. The van der Waals surface area contributed by atoms with Gasteiger partial charge in [-0.3, -0.25) is 4.79 Å². The molecule has 1 aliphatic heterocycles. The van der Waals surface area contributed by atoms with Crippen molar-refractivity contribution in [2.24, 2.45) is 5.92 Å². The molecule has 0 spiro atoms. The molecule has 1 aliphatic rings. The zero-order chi connectivity index (χ0) is 19.2. The lowest BCUT2D eigenvalue weighted by molar-refractivity contribution is -0.141. The number of carbonyl (C=O) groups is 2. The highest BCUT2D eigenvalue weighted by atomic mass is 32.2. The molecular weight excluding hydrogens is 380 g/mol. The average molecular weight is 405 g/mol. The van der Waals surface area contributed by atoms with Crippen LogP contribution in [0.15, 0.2) is 40.1 Å². The minimum absolute atomic E-state index is 0.106. The molecule has 1 aromatic heterocycles. The Hall–Kier alpha value is -1.86. The topological polar surface area (TPSA) is 59.5 Å². The Bertz CT molecular complexity index is 754. The van der Waals surface area contributed by atoms with E-state index in [4.69, 9.17) is 4.74 Å². The van der Waals surface area contributed by atoms with Gasteiger partial charge in [-0.2, -0.15) is 0 Å². The first kappa shape index (κ1) is 19.9. The van der Waals surface area contributed by atoms with Gasteiger partial charge >= 0.3 is 5.97 Å². The van der Waals surface area contributed by atoms with Crippen molar-refractivity contribution < 1.29 is 14.3 Å². The van der Waals surface area contributed by atoms with Crippen molar-refractivity contribution in [1.82, 2.24) is 9.88 Å². The van der Waals surface area contributed by atoms with Gasteiger partial charge in [-0.05, 0) is 49.9 Å². The highest BCUT2D eigenvalue weighted by Crippen LogP contribution is 2.23. The predicted molar refractivity (Wildman–Crippen MR) is 108 cm³/mol. The molecule has 7 heteroatoms. The predicted octanol–water partition coefficient (Wildman–Crippen LogP) is 4.24. The summed E-state index contributed by atoms with van der Waals surface area (Å²) in [5.74, 6) is 0.884. The molecule has 1 aromatic carbocycles. The second-order valence-electron chi connectivity index (χ2n) is 6.85. The molecule has 0 aliphatic carbocycles. The quantitative estimate of drug-likeness (QED) is 0.532. The molecule has 2 heterocycles. The first-order chi connectivity index (χ1) is 13.0. The van der Waals surface area contributed by atoms with Crippen LogP contribution in [0, 0.1) is 5.92 Å². The maximum Gasteiger partial charge on any atom is 0.338 e. The van der Waals surface area contributed by atoms with Crippen LogP contribution in [-0.4, -0.2) is 41.0 Å².